The summed E-state index contributed by atoms with van der Waals surface area (Å²) in [6.07, 6.45) is 5.31. The predicted octanol–water partition coefficient (Wildman–Crippen LogP) is 1.67. The SMILES string of the molecule is NC(=S)C1CCCCN1S(=O)(=O)c1cncc(Br)c1. The second kappa shape index (κ2) is 5.82. The van der Waals surface area contributed by atoms with Crippen LogP contribution in [0.3, 0.4) is 0 Å². The molecule has 0 radical (unpaired) electrons. The van der Waals surface area contributed by atoms with Crippen molar-refractivity contribution < 1.29 is 8.42 Å². The Labute approximate surface area is 126 Å². The fourth-order valence-electron chi connectivity index (χ4n) is 2.15. The lowest BCUT2D eigenvalue weighted by Gasteiger charge is -2.33. The van der Waals surface area contributed by atoms with Crippen LogP contribution in [0.25, 0.3) is 0 Å². The van der Waals surface area contributed by atoms with Crippen LogP contribution in [0.4, 0.5) is 0 Å². The average Bonchev–Trinajstić information content (AvgIpc) is 2.38. The minimum atomic E-state index is -3.61. The van der Waals surface area contributed by atoms with Crippen molar-refractivity contribution in [3.63, 3.8) is 0 Å². The summed E-state index contributed by atoms with van der Waals surface area (Å²) in [5.74, 6) is 0. The number of pyridine rings is 1. The van der Waals surface area contributed by atoms with Gasteiger partial charge in [-0.25, -0.2) is 8.42 Å². The summed E-state index contributed by atoms with van der Waals surface area (Å²) in [5, 5.41) is 0. The molecule has 104 valence electrons. The molecular formula is C11H14BrN3O2S2. The van der Waals surface area contributed by atoms with Crippen LogP contribution in [-0.2, 0) is 10.0 Å². The standard InChI is InChI=1S/C11H14BrN3O2S2/c12-8-5-9(7-14-6-8)19(16,17)15-4-2-1-3-10(15)11(13)18/h5-7,10H,1-4H2,(H2,13,18). The van der Waals surface area contributed by atoms with Crippen LogP contribution in [0.5, 0.6) is 0 Å². The fourth-order valence-corrected chi connectivity index (χ4v) is 4.64. The molecule has 1 atom stereocenters. The summed E-state index contributed by atoms with van der Waals surface area (Å²) in [4.78, 5) is 4.28. The summed E-state index contributed by atoms with van der Waals surface area (Å²) in [5.41, 5.74) is 5.66. The monoisotopic (exact) mass is 363 g/mol. The van der Waals surface area contributed by atoms with Gasteiger partial charge in [0, 0.05) is 23.4 Å². The first-order chi connectivity index (χ1) is 8.93. The number of aromatic nitrogens is 1. The van der Waals surface area contributed by atoms with Crippen LogP contribution in [0.15, 0.2) is 27.8 Å². The molecule has 2 heterocycles. The topological polar surface area (TPSA) is 76.3 Å². The van der Waals surface area contributed by atoms with E-state index in [4.69, 9.17) is 18.0 Å². The number of rotatable bonds is 3. The molecule has 1 aliphatic heterocycles. The van der Waals surface area contributed by atoms with E-state index in [-0.39, 0.29) is 9.88 Å². The van der Waals surface area contributed by atoms with Crippen molar-refractivity contribution in [3.05, 3.63) is 22.9 Å². The van der Waals surface area contributed by atoms with Crippen LogP contribution >= 0.6 is 28.1 Å². The van der Waals surface area contributed by atoms with Gasteiger partial charge < -0.3 is 5.73 Å². The Hall–Kier alpha value is -0.570. The first-order valence-electron chi connectivity index (χ1n) is 5.84. The molecule has 1 aliphatic rings. The molecule has 19 heavy (non-hydrogen) atoms. The van der Waals surface area contributed by atoms with E-state index in [2.05, 4.69) is 20.9 Å². The summed E-state index contributed by atoms with van der Waals surface area (Å²) >= 11 is 8.21. The van der Waals surface area contributed by atoms with Gasteiger partial charge in [-0.2, -0.15) is 4.31 Å². The molecule has 0 spiro atoms. The van der Waals surface area contributed by atoms with E-state index in [9.17, 15) is 8.42 Å². The molecule has 1 aromatic rings. The van der Waals surface area contributed by atoms with Gasteiger partial charge in [0.25, 0.3) is 0 Å². The summed E-state index contributed by atoms with van der Waals surface area (Å²) in [6.45, 7) is 0.441. The number of hydrogen-bond acceptors (Lipinski definition) is 4. The van der Waals surface area contributed by atoms with Crippen LogP contribution < -0.4 is 5.73 Å². The van der Waals surface area contributed by atoms with Gasteiger partial charge in [-0.05, 0) is 34.8 Å². The molecule has 1 saturated heterocycles. The Morgan fingerprint density at radius 3 is 2.84 bits per heavy atom. The summed E-state index contributed by atoms with van der Waals surface area (Å²) < 4.78 is 27.2. The maximum atomic E-state index is 12.6. The second-order valence-corrected chi connectivity index (χ2v) is 7.65. The summed E-state index contributed by atoms with van der Waals surface area (Å²) in [6, 6.07) is 1.14. The van der Waals surface area contributed by atoms with Crippen molar-refractivity contribution in [2.75, 3.05) is 6.54 Å². The highest BCUT2D eigenvalue weighted by molar-refractivity contribution is 9.10. The lowest BCUT2D eigenvalue weighted by molar-refractivity contribution is 0.306. The molecule has 2 N–H and O–H groups in total. The van der Waals surface area contributed by atoms with Gasteiger partial charge in [0.15, 0.2) is 0 Å². The Morgan fingerprint density at radius 1 is 1.47 bits per heavy atom. The van der Waals surface area contributed by atoms with Crippen molar-refractivity contribution >= 4 is 43.2 Å². The van der Waals surface area contributed by atoms with Gasteiger partial charge in [0.1, 0.15) is 4.90 Å². The van der Waals surface area contributed by atoms with E-state index in [0.717, 1.165) is 12.8 Å². The molecule has 0 aromatic carbocycles. The van der Waals surface area contributed by atoms with Crippen molar-refractivity contribution in [1.29, 1.82) is 0 Å². The van der Waals surface area contributed by atoms with Gasteiger partial charge in [-0.15, -0.1) is 0 Å². The fraction of sp³-hybridized carbons (Fsp3) is 0.455. The number of sulfonamides is 1. The number of thiocarbonyl (C=S) groups is 1. The third kappa shape index (κ3) is 3.13. The predicted molar refractivity (Wildman–Crippen MR) is 80.3 cm³/mol. The molecule has 2 rings (SSSR count). The molecule has 0 bridgehead atoms. The molecule has 8 heteroatoms. The van der Waals surface area contributed by atoms with Crippen molar-refractivity contribution in [3.8, 4) is 0 Å². The normalized spacial score (nSPS) is 21.2. The average molecular weight is 364 g/mol. The first kappa shape index (κ1) is 14.8. The van der Waals surface area contributed by atoms with E-state index in [1.165, 1.54) is 16.6 Å². The maximum Gasteiger partial charge on any atom is 0.245 e. The molecular weight excluding hydrogens is 350 g/mol. The van der Waals surface area contributed by atoms with Crippen LogP contribution in [0.2, 0.25) is 0 Å². The van der Waals surface area contributed by atoms with Crippen LogP contribution in [-0.4, -0.2) is 35.3 Å². The van der Waals surface area contributed by atoms with Gasteiger partial charge in [-0.1, -0.05) is 18.6 Å². The Kier molecular flexibility index (Phi) is 4.54. The zero-order valence-corrected chi connectivity index (χ0v) is 13.3. The van der Waals surface area contributed by atoms with E-state index in [1.807, 2.05) is 0 Å². The third-order valence-electron chi connectivity index (χ3n) is 3.07. The minimum Gasteiger partial charge on any atom is -0.392 e. The highest BCUT2D eigenvalue weighted by Crippen LogP contribution is 2.26. The number of piperidine rings is 1. The summed E-state index contributed by atoms with van der Waals surface area (Å²) in [7, 11) is -3.61. The molecule has 0 amide bonds. The van der Waals surface area contributed by atoms with Crippen molar-refractivity contribution in [1.82, 2.24) is 9.29 Å². The van der Waals surface area contributed by atoms with Gasteiger partial charge in [0.05, 0.1) is 11.0 Å². The maximum absolute atomic E-state index is 12.6. The first-order valence-corrected chi connectivity index (χ1v) is 8.49. The van der Waals surface area contributed by atoms with Gasteiger partial charge >= 0.3 is 0 Å². The number of hydrogen-bond donors (Lipinski definition) is 1. The Balaban J connectivity index is 2.40. The largest absolute Gasteiger partial charge is 0.392 e. The Morgan fingerprint density at radius 2 is 2.21 bits per heavy atom. The highest BCUT2D eigenvalue weighted by Gasteiger charge is 2.35. The quantitative estimate of drug-likeness (QED) is 0.826. The number of nitrogens with two attached hydrogens (primary N) is 1. The molecule has 0 saturated carbocycles. The molecule has 5 nitrogen and oxygen atoms in total. The number of nitrogens with zero attached hydrogens (tertiary/aromatic N) is 2. The Bertz CT molecular complexity index is 591. The molecule has 1 aromatic heterocycles. The third-order valence-corrected chi connectivity index (χ3v) is 5.65. The van der Waals surface area contributed by atoms with E-state index in [1.54, 1.807) is 6.20 Å². The highest BCUT2D eigenvalue weighted by atomic mass is 79.9. The second-order valence-electron chi connectivity index (χ2n) is 4.37. The molecule has 0 aliphatic carbocycles. The minimum absolute atomic E-state index is 0.157. The lowest BCUT2D eigenvalue weighted by atomic mass is 10.1. The van der Waals surface area contributed by atoms with E-state index in [0.29, 0.717) is 17.4 Å². The van der Waals surface area contributed by atoms with E-state index >= 15 is 0 Å². The van der Waals surface area contributed by atoms with Crippen LogP contribution in [0.1, 0.15) is 19.3 Å². The van der Waals surface area contributed by atoms with Gasteiger partial charge in [0.2, 0.25) is 10.0 Å². The molecule has 1 fully saturated rings. The molecule has 1 unspecified atom stereocenters. The smallest absolute Gasteiger partial charge is 0.245 e. The van der Waals surface area contributed by atoms with Crippen molar-refractivity contribution in [2.24, 2.45) is 5.73 Å². The zero-order valence-electron chi connectivity index (χ0n) is 10.1. The van der Waals surface area contributed by atoms with E-state index < -0.39 is 16.1 Å². The van der Waals surface area contributed by atoms with Crippen molar-refractivity contribution in [2.45, 2.75) is 30.2 Å². The number of halogens is 1. The van der Waals surface area contributed by atoms with Gasteiger partial charge in [-0.3, -0.25) is 4.98 Å². The zero-order chi connectivity index (χ0) is 14.0. The lowest BCUT2D eigenvalue weighted by Crippen LogP contribution is -2.49. The van der Waals surface area contributed by atoms with Crippen LogP contribution in [0, 0.1) is 0 Å².